The third kappa shape index (κ3) is 4.20. The van der Waals surface area contributed by atoms with E-state index in [1.54, 1.807) is 6.92 Å². The van der Waals surface area contributed by atoms with Gasteiger partial charge in [0.05, 0.1) is 11.3 Å². The number of hydrogen-bond donors (Lipinski definition) is 2. The zero-order valence-corrected chi connectivity index (χ0v) is 14.9. The molecule has 3 aromatic rings. The van der Waals surface area contributed by atoms with Crippen molar-refractivity contribution in [2.75, 3.05) is 5.32 Å². The Labute approximate surface area is 156 Å². The van der Waals surface area contributed by atoms with Crippen molar-refractivity contribution < 1.29 is 19.1 Å². The standard InChI is InChI=1S/C22H18FNO3/c1-13-3-4-17-11-15(5-6-16(17)9-13)14(2)10-21(25)24-20-12-18(23)7-8-19(20)22(26)27/h3-12H,1-2H3,(H,24,25)(H,26,27)/b14-10-. The van der Waals surface area contributed by atoms with E-state index in [4.69, 9.17) is 5.11 Å². The topological polar surface area (TPSA) is 66.4 Å². The van der Waals surface area contributed by atoms with E-state index in [0.717, 1.165) is 34.5 Å². The molecule has 27 heavy (non-hydrogen) atoms. The molecule has 0 aliphatic rings. The molecule has 0 atom stereocenters. The number of anilines is 1. The fourth-order valence-electron chi connectivity index (χ4n) is 2.87. The number of benzene rings is 3. The molecule has 0 aliphatic carbocycles. The summed E-state index contributed by atoms with van der Waals surface area (Å²) in [4.78, 5) is 23.5. The summed E-state index contributed by atoms with van der Waals surface area (Å²) >= 11 is 0. The molecule has 0 saturated carbocycles. The molecule has 0 saturated heterocycles. The number of allylic oxidation sites excluding steroid dienone is 1. The second-order valence-corrected chi connectivity index (χ2v) is 6.38. The third-order valence-electron chi connectivity index (χ3n) is 4.27. The Kier molecular flexibility index (Phi) is 5.03. The molecule has 0 aliphatic heterocycles. The van der Waals surface area contributed by atoms with Crippen LogP contribution in [0.1, 0.15) is 28.4 Å². The van der Waals surface area contributed by atoms with E-state index in [0.29, 0.717) is 5.57 Å². The second kappa shape index (κ2) is 7.41. The average molecular weight is 363 g/mol. The van der Waals surface area contributed by atoms with Crippen LogP contribution in [0.15, 0.2) is 60.7 Å². The van der Waals surface area contributed by atoms with Crippen LogP contribution in [0.5, 0.6) is 0 Å². The fourth-order valence-corrected chi connectivity index (χ4v) is 2.87. The molecule has 0 aromatic heterocycles. The van der Waals surface area contributed by atoms with Gasteiger partial charge in [-0.25, -0.2) is 9.18 Å². The molecule has 3 aromatic carbocycles. The van der Waals surface area contributed by atoms with Crippen LogP contribution in [0.4, 0.5) is 10.1 Å². The van der Waals surface area contributed by atoms with E-state index >= 15 is 0 Å². The van der Waals surface area contributed by atoms with Gasteiger partial charge in [0.25, 0.3) is 0 Å². The third-order valence-corrected chi connectivity index (χ3v) is 4.27. The van der Waals surface area contributed by atoms with Gasteiger partial charge in [0.1, 0.15) is 5.82 Å². The van der Waals surface area contributed by atoms with E-state index < -0.39 is 17.7 Å². The number of amides is 1. The summed E-state index contributed by atoms with van der Waals surface area (Å²) in [7, 11) is 0. The van der Waals surface area contributed by atoms with Crippen LogP contribution in [0.2, 0.25) is 0 Å². The van der Waals surface area contributed by atoms with E-state index in [9.17, 15) is 14.0 Å². The zero-order chi connectivity index (χ0) is 19.6. The van der Waals surface area contributed by atoms with Gasteiger partial charge in [0, 0.05) is 6.08 Å². The number of carboxylic acid groups (broad SMARTS) is 1. The van der Waals surface area contributed by atoms with Crippen molar-refractivity contribution in [2.45, 2.75) is 13.8 Å². The lowest BCUT2D eigenvalue weighted by Gasteiger charge is -2.08. The van der Waals surface area contributed by atoms with E-state index in [-0.39, 0.29) is 11.3 Å². The predicted molar refractivity (Wildman–Crippen MR) is 104 cm³/mol. The first-order chi connectivity index (χ1) is 12.8. The normalized spacial score (nSPS) is 11.4. The Bertz CT molecular complexity index is 1090. The van der Waals surface area contributed by atoms with Crippen LogP contribution in [0, 0.1) is 12.7 Å². The van der Waals surface area contributed by atoms with Gasteiger partial charge in [0.2, 0.25) is 5.91 Å². The fraction of sp³-hybridized carbons (Fsp3) is 0.0909. The Morgan fingerprint density at radius 1 is 1.00 bits per heavy atom. The lowest BCUT2D eigenvalue weighted by atomic mass is 10.0. The second-order valence-electron chi connectivity index (χ2n) is 6.38. The van der Waals surface area contributed by atoms with Crippen LogP contribution < -0.4 is 5.32 Å². The Hall–Kier alpha value is -3.47. The number of carbonyl (C=O) groups is 2. The molecule has 0 spiro atoms. The van der Waals surface area contributed by atoms with Crippen LogP contribution in [-0.2, 0) is 4.79 Å². The van der Waals surface area contributed by atoms with Crippen LogP contribution in [0.25, 0.3) is 16.3 Å². The van der Waals surface area contributed by atoms with Crippen molar-refractivity contribution in [3.8, 4) is 0 Å². The van der Waals surface area contributed by atoms with Gasteiger partial charge in [-0.15, -0.1) is 0 Å². The lowest BCUT2D eigenvalue weighted by Crippen LogP contribution is -2.12. The summed E-state index contributed by atoms with van der Waals surface area (Å²) < 4.78 is 13.4. The molecule has 0 bridgehead atoms. The van der Waals surface area contributed by atoms with Gasteiger partial charge >= 0.3 is 5.97 Å². The quantitative estimate of drug-likeness (QED) is 0.639. The SMILES string of the molecule is C/C(=C/C(=O)Nc1cc(F)ccc1C(=O)O)c1ccc2cc(C)ccc2c1. The number of carbonyl (C=O) groups excluding carboxylic acids is 1. The minimum absolute atomic E-state index is 0.0782. The number of nitrogens with one attached hydrogen (secondary N) is 1. The minimum Gasteiger partial charge on any atom is -0.478 e. The van der Waals surface area contributed by atoms with Crippen molar-refractivity contribution in [1.82, 2.24) is 0 Å². The van der Waals surface area contributed by atoms with Crippen molar-refractivity contribution in [3.63, 3.8) is 0 Å². The number of halogens is 1. The molecule has 0 radical (unpaired) electrons. The number of carboxylic acids is 1. The monoisotopic (exact) mass is 363 g/mol. The molecule has 2 N–H and O–H groups in total. The highest BCUT2D eigenvalue weighted by Gasteiger charge is 2.13. The van der Waals surface area contributed by atoms with Gasteiger partial charge in [-0.1, -0.05) is 35.9 Å². The maximum atomic E-state index is 13.4. The lowest BCUT2D eigenvalue weighted by molar-refractivity contribution is -0.111. The largest absolute Gasteiger partial charge is 0.478 e. The average Bonchev–Trinajstić information content (AvgIpc) is 2.60. The molecule has 136 valence electrons. The first-order valence-electron chi connectivity index (χ1n) is 8.36. The first kappa shape index (κ1) is 18.3. The summed E-state index contributed by atoms with van der Waals surface area (Å²) in [6.07, 6.45) is 1.37. The highest BCUT2D eigenvalue weighted by atomic mass is 19.1. The van der Waals surface area contributed by atoms with E-state index in [2.05, 4.69) is 11.4 Å². The van der Waals surface area contributed by atoms with Gasteiger partial charge < -0.3 is 10.4 Å². The maximum absolute atomic E-state index is 13.4. The number of rotatable bonds is 4. The molecule has 5 heteroatoms. The highest BCUT2D eigenvalue weighted by Crippen LogP contribution is 2.23. The summed E-state index contributed by atoms with van der Waals surface area (Å²) in [6.45, 7) is 3.82. The highest BCUT2D eigenvalue weighted by molar-refractivity contribution is 6.07. The number of fused-ring (bicyclic) bond motifs is 1. The van der Waals surface area contributed by atoms with E-state index in [1.165, 1.54) is 11.6 Å². The number of hydrogen-bond acceptors (Lipinski definition) is 2. The number of aromatic carboxylic acids is 1. The summed E-state index contributed by atoms with van der Waals surface area (Å²) in [6, 6.07) is 15.2. The molecule has 0 fully saturated rings. The summed E-state index contributed by atoms with van der Waals surface area (Å²) in [5, 5.41) is 13.8. The molecular formula is C22H18FNO3. The molecular weight excluding hydrogens is 345 g/mol. The van der Waals surface area contributed by atoms with Crippen molar-refractivity contribution in [2.24, 2.45) is 0 Å². The maximum Gasteiger partial charge on any atom is 0.337 e. The summed E-state index contributed by atoms with van der Waals surface area (Å²) in [5.74, 6) is -2.39. The minimum atomic E-state index is -1.24. The number of aryl methyl sites for hydroxylation is 1. The zero-order valence-electron chi connectivity index (χ0n) is 14.9. The van der Waals surface area contributed by atoms with Gasteiger partial charge in [-0.05, 0) is 60.0 Å². The molecule has 3 rings (SSSR count). The van der Waals surface area contributed by atoms with Gasteiger partial charge in [-0.3, -0.25) is 4.79 Å². The molecule has 0 heterocycles. The summed E-state index contributed by atoms with van der Waals surface area (Å²) in [5.41, 5.74) is 2.51. The van der Waals surface area contributed by atoms with Crippen LogP contribution in [0.3, 0.4) is 0 Å². The Morgan fingerprint density at radius 3 is 2.44 bits per heavy atom. The van der Waals surface area contributed by atoms with Crippen LogP contribution >= 0.6 is 0 Å². The van der Waals surface area contributed by atoms with Crippen molar-refractivity contribution in [1.29, 1.82) is 0 Å². The molecule has 1 amide bonds. The van der Waals surface area contributed by atoms with Gasteiger partial charge in [-0.2, -0.15) is 0 Å². The predicted octanol–water partition coefficient (Wildman–Crippen LogP) is 5.03. The van der Waals surface area contributed by atoms with E-state index in [1.807, 2.05) is 37.3 Å². The first-order valence-corrected chi connectivity index (χ1v) is 8.36. The Morgan fingerprint density at radius 2 is 1.70 bits per heavy atom. The molecule has 4 nitrogen and oxygen atoms in total. The Balaban J connectivity index is 1.86. The van der Waals surface area contributed by atoms with Crippen molar-refractivity contribution in [3.05, 3.63) is 83.2 Å². The smallest absolute Gasteiger partial charge is 0.337 e. The molecule has 0 unspecified atom stereocenters. The van der Waals surface area contributed by atoms with Gasteiger partial charge in [0.15, 0.2) is 0 Å². The van der Waals surface area contributed by atoms with Crippen molar-refractivity contribution >= 4 is 33.9 Å². The van der Waals surface area contributed by atoms with Crippen LogP contribution in [-0.4, -0.2) is 17.0 Å².